The zero-order chi connectivity index (χ0) is 10.3. The molecule has 0 atom stereocenters. The van der Waals surface area contributed by atoms with Gasteiger partial charge in [0.1, 0.15) is 11.3 Å². The van der Waals surface area contributed by atoms with Crippen LogP contribution in [0.1, 0.15) is 18.5 Å². The molecule has 76 valence electrons. The van der Waals surface area contributed by atoms with Gasteiger partial charge in [0.2, 0.25) is 0 Å². The van der Waals surface area contributed by atoms with Crippen LogP contribution in [-0.2, 0) is 6.42 Å². The summed E-state index contributed by atoms with van der Waals surface area (Å²) in [6.45, 7) is 0. The van der Waals surface area contributed by atoms with Gasteiger partial charge in [0, 0.05) is 11.1 Å². The van der Waals surface area contributed by atoms with Crippen molar-refractivity contribution in [1.29, 1.82) is 0 Å². The highest BCUT2D eigenvalue weighted by atomic mass is 16.3. The second-order valence-corrected chi connectivity index (χ2v) is 4.30. The summed E-state index contributed by atoms with van der Waals surface area (Å²) < 4.78 is 0. The summed E-state index contributed by atoms with van der Waals surface area (Å²) in [5.41, 5.74) is 1.84. The Kier molecular flexibility index (Phi) is 1.88. The van der Waals surface area contributed by atoms with Crippen molar-refractivity contribution in [3.05, 3.63) is 36.0 Å². The third kappa shape index (κ3) is 1.67. The van der Waals surface area contributed by atoms with Gasteiger partial charge in [-0.15, -0.1) is 0 Å². The highest BCUT2D eigenvalue weighted by Gasteiger charge is 2.22. The number of hydrogen-bond donors (Lipinski definition) is 1. The maximum atomic E-state index is 9.68. The molecule has 1 fully saturated rings. The smallest absolute Gasteiger partial charge is 0.141 e. The van der Waals surface area contributed by atoms with E-state index in [9.17, 15) is 5.11 Å². The molecule has 0 amide bonds. The lowest BCUT2D eigenvalue weighted by Crippen LogP contribution is -1.92. The van der Waals surface area contributed by atoms with Gasteiger partial charge in [0.15, 0.2) is 0 Å². The maximum Gasteiger partial charge on any atom is 0.141 e. The molecule has 1 aliphatic carbocycles. The molecule has 0 saturated heterocycles. The number of aromatic nitrogens is 1. The molecule has 2 nitrogen and oxygen atoms in total. The average molecular weight is 199 g/mol. The number of phenolic OH excluding ortho intramolecular Hbond substituents is 1. The number of aromatic hydroxyl groups is 1. The van der Waals surface area contributed by atoms with Gasteiger partial charge >= 0.3 is 0 Å². The topological polar surface area (TPSA) is 33.1 Å². The second kappa shape index (κ2) is 3.23. The van der Waals surface area contributed by atoms with Crippen molar-refractivity contribution in [2.24, 2.45) is 5.92 Å². The van der Waals surface area contributed by atoms with Gasteiger partial charge < -0.3 is 5.11 Å². The van der Waals surface area contributed by atoms with E-state index >= 15 is 0 Å². The van der Waals surface area contributed by atoms with Gasteiger partial charge in [-0.1, -0.05) is 18.2 Å². The zero-order valence-electron chi connectivity index (χ0n) is 8.48. The molecular weight excluding hydrogens is 186 g/mol. The molecule has 0 bridgehead atoms. The monoisotopic (exact) mass is 199 g/mol. The fraction of sp³-hybridized carbons (Fsp3) is 0.308. The van der Waals surface area contributed by atoms with Crippen LogP contribution < -0.4 is 0 Å². The van der Waals surface area contributed by atoms with Crippen molar-refractivity contribution < 1.29 is 5.11 Å². The van der Waals surface area contributed by atoms with Crippen molar-refractivity contribution in [2.45, 2.75) is 19.3 Å². The van der Waals surface area contributed by atoms with E-state index in [1.807, 2.05) is 18.2 Å². The van der Waals surface area contributed by atoms with E-state index in [4.69, 9.17) is 0 Å². The standard InChI is InChI=1S/C13H13NO/c15-12-3-1-2-10-6-7-11(14-13(10)12)8-9-4-5-9/h1-3,6-7,9,15H,4-5,8H2. The number of benzene rings is 1. The highest BCUT2D eigenvalue weighted by molar-refractivity contribution is 5.84. The summed E-state index contributed by atoms with van der Waals surface area (Å²) in [5, 5.41) is 10.7. The summed E-state index contributed by atoms with van der Waals surface area (Å²) in [7, 11) is 0. The van der Waals surface area contributed by atoms with Gasteiger partial charge in [0.05, 0.1) is 0 Å². The van der Waals surface area contributed by atoms with E-state index in [-0.39, 0.29) is 5.75 Å². The predicted octanol–water partition coefficient (Wildman–Crippen LogP) is 2.89. The summed E-state index contributed by atoms with van der Waals surface area (Å²) in [6.07, 6.45) is 3.73. The molecule has 0 radical (unpaired) electrons. The molecule has 3 rings (SSSR count). The van der Waals surface area contributed by atoms with Crippen molar-refractivity contribution in [3.8, 4) is 5.75 Å². The molecule has 1 heterocycles. The Bertz CT molecular complexity index is 503. The van der Waals surface area contributed by atoms with Crippen molar-refractivity contribution >= 4 is 10.9 Å². The number of hydrogen-bond acceptors (Lipinski definition) is 2. The fourth-order valence-electron chi connectivity index (χ4n) is 1.90. The van der Waals surface area contributed by atoms with Gasteiger partial charge in [-0.3, -0.25) is 0 Å². The molecule has 2 aromatic rings. The predicted molar refractivity (Wildman–Crippen MR) is 59.8 cm³/mol. The first-order chi connectivity index (χ1) is 7.33. The minimum absolute atomic E-state index is 0.283. The SMILES string of the molecule is Oc1cccc2ccc(CC3CC3)nc12. The van der Waals surface area contributed by atoms with E-state index in [0.717, 1.165) is 28.9 Å². The quantitative estimate of drug-likeness (QED) is 0.806. The van der Waals surface area contributed by atoms with E-state index < -0.39 is 0 Å². The molecule has 0 spiro atoms. The molecule has 0 aliphatic heterocycles. The first-order valence-corrected chi connectivity index (χ1v) is 5.40. The Morgan fingerprint density at radius 3 is 2.87 bits per heavy atom. The summed E-state index contributed by atoms with van der Waals surface area (Å²) in [6, 6.07) is 9.62. The van der Waals surface area contributed by atoms with Crippen LogP contribution in [0.2, 0.25) is 0 Å². The van der Waals surface area contributed by atoms with Gasteiger partial charge in [0.25, 0.3) is 0 Å². The maximum absolute atomic E-state index is 9.68. The third-order valence-electron chi connectivity index (χ3n) is 2.95. The molecule has 1 aromatic carbocycles. The van der Waals surface area contributed by atoms with Crippen LogP contribution in [0.15, 0.2) is 30.3 Å². The Morgan fingerprint density at radius 2 is 2.07 bits per heavy atom. The lowest BCUT2D eigenvalue weighted by molar-refractivity contribution is 0.480. The van der Waals surface area contributed by atoms with Gasteiger partial charge in [-0.2, -0.15) is 0 Å². The number of fused-ring (bicyclic) bond motifs is 1. The van der Waals surface area contributed by atoms with Crippen LogP contribution in [0.5, 0.6) is 5.75 Å². The molecule has 1 N–H and O–H groups in total. The number of pyridine rings is 1. The molecular formula is C13H13NO. The number of phenols is 1. The Balaban J connectivity index is 2.07. The molecule has 1 saturated carbocycles. The van der Waals surface area contributed by atoms with Crippen molar-refractivity contribution in [1.82, 2.24) is 4.98 Å². The minimum atomic E-state index is 0.283. The van der Waals surface area contributed by atoms with Crippen LogP contribution in [0, 0.1) is 5.92 Å². The number of nitrogens with zero attached hydrogens (tertiary/aromatic N) is 1. The number of rotatable bonds is 2. The Morgan fingerprint density at radius 1 is 1.20 bits per heavy atom. The fourth-order valence-corrected chi connectivity index (χ4v) is 1.90. The van der Waals surface area contributed by atoms with E-state index in [0.29, 0.717) is 0 Å². The summed E-state index contributed by atoms with van der Waals surface area (Å²) >= 11 is 0. The minimum Gasteiger partial charge on any atom is -0.506 e. The van der Waals surface area contributed by atoms with E-state index in [2.05, 4.69) is 11.1 Å². The van der Waals surface area contributed by atoms with Crippen molar-refractivity contribution in [3.63, 3.8) is 0 Å². The zero-order valence-corrected chi connectivity index (χ0v) is 8.48. The summed E-state index contributed by atoms with van der Waals surface area (Å²) in [4.78, 5) is 4.50. The van der Waals surface area contributed by atoms with Gasteiger partial charge in [-0.05, 0) is 37.3 Å². The number of para-hydroxylation sites is 1. The third-order valence-corrected chi connectivity index (χ3v) is 2.95. The largest absolute Gasteiger partial charge is 0.506 e. The Hall–Kier alpha value is -1.57. The first kappa shape index (κ1) is 8.72. The first-order valence-electron chi connectivity index (χ1n) is 5.40. The molecule has 1 aromatic heterocycles. The van der Waals surface area contributed by atoms with Crippen LogP contribution in [0.4, 0.5) is 0 Å². The molecule has 1 aliphatic rings. The average Bonchev–Trinajstić information content (AvgIpc) is 3.03. The van der Waals surface area contributed by atoms with Crippen LogP contribution in [-0.4, -0.2) is 10.1 Å². The van der Waals surface area contributed by atoms with Crippen LogP contribution in [0.25, 0.3) is 10.9 Å². The summed E-state index contributed by atoms with van der Waals surface area (Å²) in [5.74, 6) is 1.12. The molecule has 15 heavy (non-hydrogen) atoms. The van der Waals surface area contributed by atoms with Crippen LogP contribution in [0.3, 0.4) is 0 Å². The highest BCUT2D eigenvalue weighted by Crippen LogP contribution is 2.33. The van der Waals surface area contributed by atoms with Gasteiger partial charge in [-0.25, -0.2) is 4.98 Å². The molecule has 0 unspecified atom stereocenters. The normalized spacial score (nSPS) is 15.7. The van der Waals surface area contributed by atoms with E-state index in [1.54, 1.807) is 6.07 Å². The van der Waals surface area contributed by atoms with E-state index in [1.165, 1.54) is 12.8 Å². The molecule has 2 heteroatoms. The Labute approximate surface area is 88.6 Å². The lowest BCUT2D eigenvalue weighted by Gasteiger charge is -2.03. The second-order valence-electron chi connectivity index (χ2n) is 4.30. The lowest BCUT2D eigenvalue weighted by atomic mass is 10.1. The van der Waals surface area contributed by atoms with Crippen LogP contribution >= 0.6 is 0 Å². The van der Waals surface area contributed by atoms with Crippen molar-refractivity contribution in [2.75, 3.05) is 0 Å².